The molecule has 0 bridgehead atoms. The Morgan fingerprint density at radius 1 is 0.943 bits per heavy atom. The number of piperidine rings is 2. The van der Waals surface area contributed by atoms with E-state index >= 15 is 0 Å². The average Bonchev–Trinajstić information content (AvgIpc) is 2.85. The van der Waals surface area contributed by atoms with Gasteiger partial charge in [0.15, 0.2) is 0 Å². The summed E-state index contributed by atoms with van der Waals surface area (Å²) >= 11 is 18.1. The number of nitrogens with zero attached hydrogens (tertiary/aromatic N) is 2. The number of amides is 2. The Morgan fingerprint density at radius 2 is 1.57 bits per heavy atom. The molecule has 2 heterocycles. The zero-order valence-electron chi connectivity index (χ0n) is 19.3. The van der Waals surface area contributed by atoms with E-state index in [4.69, 9.17) is 39.5 Å². The fourth-order valence-electron chi connectivity index (χ4n) is 4.59. The zero-order chi connectivity index (χ0) is 25.2. The third kappa shape index (κ3) is 6.35. The Hall–Kier alpha value is -1.71. The number of halogens is 3. The summed E-state index contributed by atoms with van der Waals surface area (Å²) < 4.78 is 33.3. The summed E-state index contributed by atoms with van der Waals surface area (Å²) in [4.78, 5) is 16.6. The molecule has 11 heteroatoms. The largest absolute Gasteiger partial charge is 0.490 e. The molecule has 0 aromatic heterocycles. The number of hydrogen-bond donors (Lipinski definition) is 1. The fourth-order valence-corrected chi connectivity index (χ4v) is 6.04. The van der Waals surface area contributed by atoms with Crippen LogP contribution in [0, 0.1) is 6.92 Å². The number of carbonyl (C=O) groups excluding carboxylic acids is 1. The molecule has 0 radical (unpaired) electrons. The van der Waals surface area contributed by atoms with E-state index in [1.165, 1.54) is 24.3 Å². The first-order chi connectivity index (χ1) is 16.6. The van der Waals surface area contributed by atoms with E-state index in [-0.39, 0.29) is 11.0 Å². The highest BCUT2D eigenvalue weighted by Crippen LogP contribution is 2.34. The minimum Gasteiger partial charge on any atom is -0.490 e. The van der Waals surface area contributed by atoms with Gasteiger partial charge in [0.05, 0.1) is 14.9 Å². The van der Waals surface area contributed by atoms with Crippen LogP contribution in [-0.4, -0.2) is 62.6 Å². The summed E-state index contributed by atoms with van der Waals surface area (Å²) in [5, 5.41) is 1.48. The molecule has 0 spiro atoms. The summed E-state index contributed by atoms with van der Waals surface area (Å²) in [6.45, 7) is 4.74. The predicted octanol–water partition coefficient (Wildman–Crippen LogP) is 5.36. The quantitative estimate of drug-likeness (QED) is 0.533. The van der Waals surface area contributed by atoms with Crippen molar-refractivity contribution in [2.75, 3.05) is 26.2 Å². The second kappa shape index (κ2) is 11.1. The fraction of sp³-hybridized carbons (Fsp3) is 0.458. The van der Waals surface area contributed by atoms with Gasteiger partial charge in [-0.2, -0.15) is 0 Å². The minimum atomic E-state index is -3.94. The molecule has 0 saturated carbocycles. The maximum absolute atomic E-state index is 12.6. The SMILES string of the molecule is Cc1c(OC2CCN(C3CCN(C(=O)NS(=O)(=O)c4ccc(Cl)cc4)CC3)CC2)ccc(Cl)c1Cl. The van der Waals surface area contributed by atoms with Gasteiger partial charge in [0, 0.05) is 42.8 Å². The van der Waals surface area contributed by atoms with Crippen molar-refractivity contribution >= 4 is 50.9 Å². The van der Waals surface area contributed by atoms with Gasteiger partial charge in [0.1, 0.15) is 11.9 Å². The molecular formula is C24H28Cl3N3O4S. The van der Waals surface area contributed by atoms with Crippen molar-refractivity contribution in [3.8, 4) is 5.75 Å². The Balaban J connectivity index is 1.24. The highest BCUT2D eigenvalue weighted by molar-refractivity contribution is 7.90. The molecule has 0 unspecified atom stereocenters. The number of urea groups is 1. The molecule has 2 fully saturated rings. The van der Waals surface area contributed by atoms with Crippen LogP contribution in [0.1, 0.15) is 31.2 Å². The van der Waals surface area contributed by atoms with Crippen LogP contribution in [0.15, 0.2) is 41.3 Å². The second-order valence-electron chi connectivity index (χ2n) is 8.92. The number of carbonyl (C=O) groups is 1. The Bertz CT molecular complexity index is 1160. The van der Waals surface area contributed by atoms with E-state index in [0.717, 1.165) is 50.1 Å². The van der Waals surface area contributed by atoms with E-state index < -0.39 is 16.1 Å². The van der Waals surface area contributed by atoms with E-state index in [2.05, 4.69) is 9.62 Å². The summed E-state index contributed by atoms with van der Waals surface area (Å²) in [7, 11) is -3.94. The van der Waals surface area contributed by atoms with Gasteiger partial charge in [-0.1, -0.05) is 34.8 Å². The van der Waals surface area contributed by atoms with Crippen molar-refractivity contribution in [3.63, 3.8) is 0 Å². The van der Waals surface area contributed by atoms with Crippen molar-refractivity contribution in [1.82, 2.24) is 14.5 Å². The van der Waals surface area contributed by atoms with Crippen molar-refractivity contribution in [2.45, 2.75) is 49.6 Å². The molecule has 2 aromatic rings. The van der Waals surface area contributed by atoms with Gasteiger partial charge in [0.2, 0.25) is 0 Å². The van der Waals surface area contributed by atoms with E-state index in [1.54, 1.807) is 11.0 Å². The molecule has 1 N–H and O–H groups in total. The number of benzene rings is 2. The summed E-state index contributed by atoms with van der Waals surface area (Å²) in [5.74, 6) is 0.769. The van der Waals surface area contributed by atoms with Gasteiger partial charge in [0.25, 0.3) is 10.0 Å². The molecule has 4 rings (SSSR count). The third-order valence-electron chi connectivity index (χ3n) is 6.67. The van der Waals surface area contributed by atoms with Gasteiger partial charge in [-0.25, -0.2) is 17.9 Å². The van der Waals surface area contributed by atoms with Crippen molar-refractivity contribution in [3.05, 3.63) is 57.0 Å². The van der Waals surface area contributed by atoms with Gasteiger partial charge < -0.3 is 9.64 Å². The highest BCUT2D eigenvalue weighted by atomic mass is 35.5. The molecule has 2 aliphatic heterocycles. The van der Waals surface area contributed by atoms with Gasteiger partial charge in [-0.05, 0) is 69.0 Å². The number of nitrogens with one attached hydrogen (secondary N) is 1. The first-order valence-electron chi connectivity index (χ1n) is 11.6. The Labute approximate surface area is 221 Å². The Kier molecular flexibility index (Phi) is 8.38. The molecule has 2 aromatic carbocycles. The lowest BCUT2D eigenvalue weighted by Crippen LogP contribution is -2.52. The number of hydrogen-bond acceptors (Lipinski definition) is 5. The summed E-state index contributed by atoms with van der Waals surface area (Å²) in [6, 6.07) is 9.09. The van der Waals surface area contributed by atoms with Crippen LogP contribution < -0.4 is 9.46 Å². The van der Waals surface area contributed by atoms with Crippen LogP contribution >= 0.6 is 34.8 Å². The van der Waals surface area contributed by atoms with E-state index in [0.29, 0.717) is 34.2 Å². The molecular weight excluding hydrogens is 533 g/mol. The van der Waals surface area contributed by atoms with Crippen LogP contribution in [0.25, 0.3) is 0 Å². The van der Waals surface area contributed by atoms with Crippen LogP contribution in [0.5, 0.6) is 5.75 Å². The summed E-state index contributed by atoms with van der Waals surface area (Å²) in [6.07, 6.45) is 3.52. The molecule has 2 amide bonds. The third-order valence-corrected chi connectivity index (χ3v) is 9.16. The molecule has 7 nitrogen and oxygen atoms in total. The van der Waals surface area contributed by atoms with Crippen molar-refractivity contribution < 1.29 is 17.9 Å². The number of sulfonamides is 1. The maximum atomic E-state index is 12.6. The standard InChI is InChI=1S/C24H28Cl3N3O4S/c1-16-22(7-6-21(26)23(16)27)34-19-10-14-29(15-11-19)18-8-12-30(13-9-18)24(31)28-35(32,33)20-4-2-17(25)3-5-20/h2-7,18-19H,8-15H2,1H3,(H,28,31). The van der Waals surface area contributed by atoms with Gasteiger partial charge in [-0.15, -0.1) is 0 Å². The first kappa shape index (κ1) is 26.4. The van der Waals surface area contributed by atoms with Crippen LogP contribution in [-0.2, 0) is 10.0 Å². The van der Waals surface area contributed by atoms with Crippen molar-refractivity contribution in [2.24, 2.45) is 0 Å². The zero-order valence-corrected chi connectivity index (χ0v) is 22.4. The van der Waals surface area contributed by atoms with Gasteiger partial charge >= 0.3 is 6.03 Å². The number of rotatable bonds is 5. The molecule has 35 heavy (non-hydrogen) atoms. The van der Waals surface area contributed by atoms with E-state index in [1.807, 2.05) is 13.0 Å². The number of likely N-dealkylation sites (tertiary alicyclic amines) is 2. The highest BCUT2D eigenvalue weighted by Gasteiger charge is 2.31. The van der Waals surface area contributed by atoms with Crippen LogP contribution in [0.2, 0.25) is 15.1 Å². The predicted molar refractivity (Wildman–Crippen MR) is 138 cm³/mol. The average molecular weight is 561 g/mol. The van der Waals surface area contributed by atoms with E-state index in [9.17, 15) is 13.2 Å². The lowest BCUT2D eigenvalue weighted by atomic mass is 9.99. The molecule has 0 aliphatic carbocycles. The summed E-state index contributed by atoms with van der Waals surface area (Å²) in [5.41, 5.74) is 0.852. The Morgan fingerprint density at radius 3 is 2.20 bits per heavy atom. The van der Waals surface area contributed by atoms with Crippen LogP contribution in [0.4, 0.5) is 4.79 Å². The monoisotopic (exact) mass is 559 g/mol. The lowest BCUT2D eigenvalue weighted by molar-refractivity contribution is 0.0537. The smallest absolute Gasteiger partial charge is 0.331 e. The normalized spacial score (nSPS) is 18.5. The van der Waals surface area contributed by atoms with Gasteiger partial charge in [-0.3, -0.25) is 4.90 Å². The molecule has 0 atom stereocenters. The molecule has 2 saturated heterocycles. The lowest BCUT2D eigenvalue weighted by Gasteiger charge is -2.41. The number of ether oxygens (including phenoxy) is 1. The maximum Gasteiger partial charge on any atom is 0.331 e. The molecule has 2 aliphatic rings. The minimum absolute atomic E-state index is 0.00583. The topological polar surface area (TPSA) is 79.0 Å². The van der Waals surface area contributed by atoms with Crippen LogP contribution in [0.3, 0.4) is 0 Å². The first-order valence-corrected chi connectivity index (χ1v) is 14.2. The van der Waals surface area contributed by atoms with Crippen molar-refractivity contribution in [1.29, 1.82) is 0 Å². The second-order valence-corrected chi connectivity index (χ2v) is 11.8. The molecule has 190 valence electrons.